The smallest absolute Gasteiger partial charge is 0.416 e. The molecule has 0 bridgehead atoms. The molecule has 1 N–H and O–H groups in total. The number of rotatable bonds is 4. The molecule has 152 valence electrons. The average molecular weight is 404 g/mol. The third kappa shape index (κ3) is 4.34. The minimum Gasteiger partial charge on any atom is -0.506 e. The third-order valence-electron chi connectivity index (χ3n) is 4.89. The van der Waals surface area contributed by atoms with Gasteiger partial charge in [0.15, 0.2) is 0 Å². The molecule has 0 radical (unpaired) electrons. The summed E-state index contributed by atoms with van der Waals surface area (Å²) < 4.78 is 43.3. The Labute approximate surface area is 165 Å². The topological polar surface area (TPSA) is 65.6 Å². The van der Waals surface area contributed by atoms with Crippen LogP contribution in [-0.2, 0) is 12.7 Å². The lowest BCUT2D eigenvalue weighted by molar-refractivity contribution is -0.137. The molecule has 6 nitrogen and oxygen atoms in total. The lowest BCUT2D eigenvalue weighted by Gasteiger charge is -2.35. The normalized spacial score (nSPS) is 15.6. The van der Waals surface area contributed by atoms with E-state index in [2.05, 4.69) is 19.9 Å². The fourth-order valence-corrected chi connectivity index (χ4v) is 3.31. The van der Waals surface area contributed by atoms with Crippen LogP contribution in [0.15, 0.2) is 53.1 Å². The van der Waals surface area contributed by atoms with Gasteiger partial charge in [-0.2, -0.15) is 18.2 Å². The van der Waals surface area contributed by atoms with Gasteiger partial charge in [0, 0.05) is 31.7 Å². The molecule has 2 heterocycles. The van der Waals surface area contributed by atoms with E-state index in [-0.39, 0.29) is 11.6 Å². The summed E-state index contributed by atoms with van der Waals surface area (Å²) in [5, 5.41) is 13.9. The Hall–Kier alpha value is -3.07. The zero-order valence-corrected chi connectivity index (χ0v) is 15.4. The van der Waals surface area contributed by atoms with Crippen molar-refractivity contribution < 1.29 is 22.8 Å². The quantitative estimate of drug-likeness (QED) is 0.714. The molecular weight excluding hydrogens is 385 g/mol. The molecule has 29 heavy (non-hydrogen) atoms. The Morgan fingerprint density at radius 3 is 2.31 bits per heavy atom. The average Bonchev–Trinajstić information content (AvgIpc) is 3.17. The van der Waals surface area contributed by atoms with Crippen molar-refractivity contribution in [2.45, 2.75) is 12.7 Å². The van der Waals surface area contributed by atoms with E-state index in [0.29, 0.717) is 18.0 Å². The monoisotopic (exact) mass is 404 g/mol. The fourth-order valence-electron chi connectivity index (χ4n) is 3.31. The molecule has 0 spiro atoms. The molecule has 3 aromatic rings. The Bertz CT molecular complexity index is 964. The predicted molar refractivity (Wildman–Crippen MR) is 100 cm³/mol. The highest BCUT2D eigenvalue weighted by Gasteiger charge is 2.30. The van der Waals surface area contributed by atoms with Crippen molar-refractivity contribution in [2.24, 2.45) is 0 Å². The van der Waals surface area contributed by atoms with Crippen LogP contribution in [0.1, 0.15) is 11.5 Å². The largest absolute Gasteiger partial charge is 0.506 e. The van der Waals surface area contributed by atoms with Crippen LogP contribution < -0.4 is 4.90 Å². The van der Waals surface area contributed by atoms with Crippen molar-refractivity contribution in [3.8, 4) is 17.1 Å². The molecule has 0 amide bonds. The number of halogens is 3. The first kappa shape index (κ1) is 19.3. The summed E-state index contributed by atoms with van der Waals surface area (Å²) in [5.74, 6) is 0.941. The first-order chi connectivity index (χ1) is 13.9. The number of nitrogens with zero attached hydrogens (tertiary/aromatic N) is 4. The zero-order chi connectivity index (χ0) is 20.4. The fraction of sp³-hybridized carbons (Fsp3) is 0.300. The molecule has 1 fully saturated rings. The van der Waals surface area contributed by atoms with Crippen molar-refractivity contribution in [3.63, 3.8) is 0 Å². The lowest BCUT2D eigenvalue weighted by Crippen LogP contribution is -2.46. The second-order valence-electron chi connectivity index (χ2n) is 6.84. The lowest BCUT2D eigenvalue weighted by atomic mass is 10.1. The molecule has 0 atom stereocenters. The van der Waals surface area contributed by atoms with Crippen LogP contribution in [0.25, 0.3) is 11.4 Å². The number of hydrogen-bond donors (Lipinski definition) is 1. The molecule has 1 aliphatic rings. The number of phenols is 1. The van der Waals surface area contributed by atoms with Crippen LogP contribution >= 0.6 is 0 Å². The van der Waals surface area contributed by atoms with E-state index in [1.165, 1.54) is 12.1 Å². The van der Waals surface area contributed by atoms with Gasteiger partial charge in [0.2, 0.25) is 11.7 Å². The maximum Gasteiger partial charge on any atom is 0.416 e. The summed E-state index contributed by atoms with van der Waals surface area (Å²) in [5.41, 5.74) is 0.569. The maximum absolute atomic E-state index is 12.7. The summed E-state index contributed by atoms with van der Waals surface area (Å²) in [6, 6.07) is 11.9. The van der Waals surface area contributed by atoms with E-state index in [0.717, 1.165) is 44.0 Å². The Morgan fingerprint density at radius 1 is 0.966 bits per heavy atom. The number of aromatic hydroxyl groups is 1. The number of aromatic nitrogens is 2. The minimum atomic E-state index is -4.38. The minimum absolute atomic E-state index is 0.263. The van der Waals surface area contributed by atoms with Gasteiger partial charge in [0.1, 0.15) is 5.75 Å². The molecule has 0 aliphatic carbocycles. The van der Waals surface area contributed by atoms with Crippen LogP contribution in [0.5, 0.6) is 5.75 Å². The van der Waals surface area contributed by atoms with E-state index >= 15 is 0 Å². The zero-order valence-electron chi connectivity index (χ0n) is 15.4. The third-order valence-corrected chi connectivity index (χ3v) is 4.89. The highest BCUT2D eigenvalue weighted by Crippen LogP contribution is 2.30. The maximum atomic E-state index is 12.7. The summed E-state index contributed by atoms with van der Waals surface area (Å²) in [7, 11) is 0. The number of alkyl halides is 3. The van der Waals surface area contributed by atoms with Crippen LogP contribution in [0.2, 0.25) is 0 Å². The van der Waals surface area contributed by atoms with Crippen molar-refractivity contribution in [1.82, 2.24) is 15.0 Å². The van der Waals surface area contributed by atoms with E-state index in [1.54, 1.807) is 12.1 Å². The van der Waals surface area contributed by atoms with Crippen LogP contribution in [-0.4, -0.2) is 46.3 Å². The summed E-state index contributed by atoms with van der Waals surface area (Å²) in [4.78, 5) is 8.58. The van der Waals surface area contributed by atoms with Crippen molar-refractivity contribution in [2.75, 3.05) is 31.1 Å². The van der Waals surface area contributed by atoms with Crippen molar-refractivity contribution >= 4 is 5.69 Å². The number of phenolic OH excluding ortho intramolecular Hbond substituents is 1. The van der Waals surface area contributed by atoms with E-state index in [1.807, 2.05) is 12.1 Å². The highest BCUT2D eigenvalue weighted by molar-refractivity contribution is 5.58. The summed E-state index contributed by atoms with van der Waals surface area (Å²) in [6.07, 6.45) is -4.38. The Morgan fingerprint density at radius 2 is 1.66 bits per heavy atom. The van der Waals surface area contributed by atoms with Crippen LogP contribution in [0.4, 0.5) is 18.9 Å². The van der Waals surface area contributed by atoms with Crippen LogP contribution in [0, 0.1) is 0 Å². The number of benzene rings is 2. The van der Waals surface area contributed by atoms with Crippen LogP contribution in [0.3, 0.4) is 0 Å². The first-order valence-corrected chi connectivity index (χ1v) is 9.16. The molecule has 9 heteroatoms. The van der Waals surface area contributed by atoms with Gasteiger partial charge in [-0.05, 0) is 24.3 Å². The Kier molecular flexibility index (Phi) is 5.14. The van der Waals surface area contributed by atoms with E-state index < -0.39 is 11.7 Å². The predicted octanol–water partition coefficient (Wildman–Crippen LogP) is 3.78. The molecule has 4 rings (SSSR count). The SMILES string of the molecule is Oc1ccccc1N1CCN(Cc2nc(-c3ccc(C(F)(F)F)cc3)no2)CC1. The molecule has 0 unspecified atom stereocenters. The van der Waals surface area contributed by atoms with E-state index in [9.17, 15) is 18.3 Å². The molecule has 0 saturated carbocycles. The first-order valence-electron chi connectivity index (χ1n) is 9.16. The van der Waals surface area contributed by atoms with E-state index in [4.69, 9.17) is 4.52 Å². The van der Waals surface area contributed by atoms with Gasteiger partial charge in [0.25, 0.3) is 0 Å². The molecular formula is C20H19F3N4O2. The van der Waals surface area contributed by atoms with Crippen molar-refractivity contribution in [3.05, 3.63) is 60.0 Å². The highest BCUT2D eigenvalue weighted by atomic mass is 19.4. The van der Waals surface area contributed by atoms with Gasteiger partial charge < -0.3 is 14.5 Å². The second kappa shape index (κ2) is 7.75. The number of hydrogen-bond acceptors (Lipinski definition) is 6. The standard InChI is InChI=1S/C20H19F3N4O2/c21-20(22,23)15-7-5-14(6-8-15)19-24-18(29-25-19)13-26-9-11-27(12-10-26)16-3-1-2-4-17(16)28/h1-8,28H,9-13H2. The molecule has 1 aromatic heterocycles. The molecule has 2 aromatic carbocycles. The van der Waals surface area contributed by atoms with Gasteiger partial charge >= 0.3 is 6.18 Å². The van der Waals surface area contributed by atoms with Crippen molar-refractivity contribution in [1.29, 1.82) is 0 Å². The number of piperazine rings is 1. The number of anilines is 1. The second-order valence-corrected chi connectivity index (χ2v) is 6.84. The Balaban J connectivity index is 1.36. The number of para-hydroxylation sites is 2. The van der Waals surface area contributed by atoms with Gasteiger partial charge in [-0.3, -0.25) is 4.90 Å². The van der Waals surface area contributed by atoms with Gasteiger partial charge in [-0.15, -0.1) is 0 Å². The summed E-state index contributed by atoms with van der Waals surface area (Å²) >= 11 is 0. The molecule has 1 saturated heterocycles. The van der Waals surface area contributed by atoms with Gasteiger partial charge in [0.05, 0.1) is 17.8 Å². The molecule has 1 aliphatic heterocycles. The van der Waals surface area contributed by atoms with Gasteiger partial charge in [-0.1, -0.05) is 29.4 Å². The summed E-state index contributed by atoms with van der Waals surface area (Å²) in [6.45, 7) is 3.47. The van der Waals surface area contributed by atoms with Gasteiger partial charge in [-0.25, -0.2) is 0 Å².